The molecule has 2 saturated carbocycles. The summed E-state index contributed by atoms with van der Waals surface area (Å²) in [5, 5.41) is 6.64. The number of nitrogens with one attached hydrogen (secondary N) is 2. The zero-order valence-electron chi connectivity index (χ0n) is 12.4. The van der Waals surface area contributed by atoms with Crippen LogP contribution in [0.5, 0.6) is 0 Å². The van der Waals surface area contributed by atoms with E-state index in [1.165, 1.54) is 32.1 Å². The summed E-state index contributed by atoms with van der Waals surface area (Å²) in [6.07, 6.45) is 7.94. The number of rotatable bonds is 3. The molecule has 0 spiro atoms. The van der Waals surface area contributed by atoms with E-state index in [1.54, 1.807) is 0 Å². The van der Waals surface area contributed by atoms with Crippen LogP contribution in [-0.2, 0) is 4.79 Å². The second kappa shape index (κ2) is 5.08. The molecule has 4 unspecified atom stereocenters. The molecule has 4 atom stereocenters. The van der Waals surface area contributed by atoms with E-state index in [-0.39, 0.29) is 17.4 Å². The molecule has 1 heterocycles. The molecular formula is C16H28N2O. The molecule has 1 amide bonds. The molecule has 0 aromatic rings. The van der Waals surface area contributed by atoms with Crippen molar-refractivity contribution in [2.45, 2.75) is 58.4 Å². The van der Waals surface area contributed by atoms with Gasteiger partial charge in [0, 0.05) is 6.54 Å². The highest BCUT2D eigenvalue weighted by Crippen LogP contribution is 2.47. The summed E-state index contributed by atoms with van der Waals surface area (Å²) in [7, 11) is 0. The molecule has 0 aromatic heterocycles. The number of amides is 1. The van der Waals surface area contributed by atoms with Crippen molar-refractivity contribution in [1.29, 1.82) is 0 Å². The number of carbonyl (C=O) groups excluding carboxylic acids is 1. The Labute approximate surface area is 116 Å². The van der Waals surface area contributed by atoms with Crippen LogP contribution in [0.4, 0.5) is 0 Å². The Morgan fingerprint density at radius 3 is 2.79 bits per heavy atom. The van der Waals surface area contributed by atoms with E-state index < -0.39 is 0 Å². The van der Waals surface area contributed by atoms with E-state index in [0.717, 1.165) is 37.3 Å². The molecule has 3 fully saturated rings. The first-order valence-electron chi connectivity index (χ1n) is 8.07. The normalized spacial score (nSPS) is 40.3. The Bertz CT molecular complexity index is 353. The number of piperidine rings is 1. The first kappa shape index (κ1) is 13.4. The SMILES string of the molecule is CC1(C)CCCNC1C(=O)NCC1CC2CCC1C2. The number of carbonyl (C=O) groups is 1. The Hall–Kier alpha value is -0.570. The highest BCUT2D eigenvalue weighted by atomic mass is 16.2. The van der Waals surface area contributed by atoms with E-state index in [1.807, 2.05) is 0 Å². The summed E-state index contributed by atoms with van der Waals surface area (Å²) < 4.78 is 0. The Morgan fingerprint density at radius 1 is 1.32 bits per heavy atom. The van der Waals surface area contributed by atoms with E-state index in [9.17, 15) is 4.79 Å². The van der Waals surface area contributed by atoms with Gasteiger partial charge in [0.05, 0.1) is 6.04 Å². The van der Waals surface area contributed by atoms with Crippen molar-refractivity contribution in [3.8, 4) is 0 Å². The number of hydrogen-bond donors (Lipinski definition) is 2. The fraction of sp³-hybridized carbons (Fsp3) is 0.938. The van der Waals surface area contributed by atoms with Crippen molar-refractivity contribution >= 4 is 5.91 Å². The topological polar surface area (TPSA) is 41.1 Å². The lowest BCUT2D eigenvalue weighted by atomic mass is 9.77. The van der Waals surface area contributed by atoms with Crippen molar-refractivity contribution in [1.82, 2.24) is 10.6 Å². The largest absolute Gasteiger partial charge is 0.354 e. The van der Waals surface area contributed by atoms with Gasteiger partial charge in [-0.15, -0.1) is 0 Å². The van der Waals surface area contributed by atoms with Crippen LogP contribution in [-0.4, -0.2) is 25.0 Å². The minimum atomic E-state index is -0.000148. The van der Waals surface area contributed by atoms with Crippen LogP contribution in [0.3, 0.4) is 0 Å². The molecule has 108 valence electrons. The van der Waals surface area contributed by atoms with Gasteiger partial charge < -0.3 is 10.6 Å². The van der Waals surface area contributed by atoms with Crippen LogP contribution in [0.1, 0.15) is 52.4 Å². The highest BCUT2D eigenvalue weighted by molar-refractivity contribution is 5.82. The summed E-state index contributed by atoms with van der Waals surface area (Å²) >= 11 is 0. The summed E-state index contributed by atoms with van der Waals surface area (Å²) in [4.78, 5) is 12.4. The zero-order chi connectivity index (χ0) is 13.5. The smallest absolute Gasteiger partial charge is 0.237 e. The fourth-order valence-electron chi connectivity index (χ4n) is 4.62. The Kier molecular flexibility index (Phi) is 3.59. The molecule has 1 saturated heterocycles. The third-order valence-corrected chi connectivity index (χ3v) is 5.81. The lowest BCUT2D eigenvalue weighted by Crippen LogP contribution is -2.56. The van der Waals surface area contributed by atoms with Gasteiger partial charge in [-0.05, 0) is 61.8 Å². The predicted molar refractivity (Wildman–Crippen MR) is 76.8 cm³/mol. The first-order chi connectivity index (χ1) is 9.06. The monoisotopic (exact) mass is 264 g/mol. The quantitative estimate of drug-likeness (QED) is 0.821. The van der Waals surface area contributed by atoms with Gasteiger partial charge in [0.1, 0.15) is 0 Å². The minimum Gasteiger partial charge on any atom is -0.354 e. The van der Waals surface area contributed by atoms with Crippen molar-refractivity contribution in [2.24, 2.45) is 23.2 Å². The van der Waals surface area contributed by atoms with Crippen LogP contribution in [0.15, 0.2) is 0 Å². The third kappa shape index (κ3) is 2.67. The van der Waals surface area contributed by atoms with E-state index in [0.29, 0.717) is 0 Å². The molecule has 0 radical (unpaired) electrons. The molecular weight excluding hydrogens is 236 g/mol. The van der Waals surface area contributed by atoms with Gasteiger partial charge in [0.15, 0.2) is 0 Å². The van der Waals surface area contributed by atoms with E-state index in [4.69, 9.17) is 0 Å². The first-order valence-corrected chi connectivity index (χ1v) is 8.07. The number of fused-ring (bicyclic) bond motifs is 2. The standard InChI is InChI=1S/C16H28N2O/c1-16(2)6-3-7-17-14(16)15(19)18-10-13-9-11-4-5-12(13)8-11/h11-14,17H,3-10H2,1-2H3,(H,18,19). The van der Waals surface area contributed by atoms with Crippen LogP contribution in [0.25, 0.3) is 0 Å². The van der Waals surface area contributed by atoms with E-state index >= 15 is 0 Å². The van der Waals surface area contributed by atoms with Gasteiger partial charge >= 0.3 is 0 Å². The van der Waals surface area contributed by atoms with Gasteiger partial charge in [-0.1, -0.05) is 20.3 Å². The maximum Gasteiger partial charge on any atom is 0.237 e. The van der Waals surface area contributed by atoms with Crippen molar-refractivity contribution < 1.29 is 4.79 Å². The Balaban J connectivity index is 1.51. The molecule has 19 heavy (non-hydrogen) atoms. The lowest BCUT2D eigenvalue weighted by Gasteiger charge is -2.38. The van der Waals surface area contributed by atoms with Gasteiger partial charge in [-0.2, -0.15) is 0 Å². The van der Waals surface area contributed by atoms with Crippen molar-refractivity contribution in [2.75, 3.05) is 13.1 Å². The summed E-state index contributed by atoms with van der Waals surface area (Å²) in [5.74, 6) is 2.86. The fourth-order valence-corrected chi connectivity index (χ4v) is 4.62. The van der Waals surface area contributed by atoms with Gasteiger partial charge in [-0.25, -0.2) is 0 Å². The van der Waals surface area contributed by atoms with Crippen molar-refractivity contribution in [3.05, 3.63) is 0 Å². The van der Waals surface area contributed by atoms with E-state index in [2.05, 4.69) is 24.5 Å². The maximum absolute atomic E-state index is 12.4. The average Bonchev–Trinajstić information content (AvgIpc) is 2.97. The summed E-state index contributed by atoms with van der Waals surface area (Å²) in [5.41, 5.74) is 0.0943. The average molecular weight is 264 g/mol. The summed E-state index contributed by atoms with van der Waals surface area (Å²) in [6, 6.07) is -0.000148. The highest BCUT2D eigenvalue weighted by Gasteiger charge is 2.41. The van der Waals surface area contributed by atoms with Gasteiger partial charge in [-0.3, -0.25) is 4.79 Å². The van der Waals surface area contributed by atoms with Crippen LogP contribution in [0.2, 0.25) is 0 Å². The lowest BCUT2D eigenvalue weighted by molar-refractivity contribution is -0.127. The molecule has 3 aliphatic rings. The van der Waals surface area contributed by atoms with Crippen LogP contribution >= 0.6 is 0 Å². The molecule has 2 bridgehead atoms. The van der Waals surface area contributed by atoms with Crippen molar-refractivity contribution in [3.63, 3.8) is 0 Å². The molecule has 2 N–H and O–H groups in total. The second-order valence-corrected chi connectivity index (χ2v) is 7.66. The molecule has 2 aliphatic carbocycles. The van der Waals surface area contributed by atoms with Crippen LogP contribution < -0.4 is 10.6 Å². The molecule has 3 heteroatoms. The predicted octanol–water partition coefficient (Wildman–Crippen LogP) is 2.32. The molecule has 1 aliphatic heterocycles. The van der Waals surface area contributed by atoms with Gasteiger partial charge in [0.2, 0.25) is 5.91 Å². The maximum atomic E-state index is 12.4. The number of hydrogen-bond acceptors (Lipinski definition) is 2. The Morgan fingerprint density at radius 2 is 2.16 bits per heavy atom. The molecule has 0 aromatic carbocycles. The van der Waals surface area contributed by atoms with Gasteiger partial charge in [0.25, 0.3) is 0 Å². The molecule has 3 nitrogen and oxygen atoms in total. The summed E-state index contributed by atoms with van der Waals surface area (Å²) in [6.45, 7) is 6.31. The van der Waals surface area contributed by atoms with Crippen LogP contribution in [0, 0.1) is 23.2 Å². The zero-order valence-corrected chi connectivity index (χ0v) is 12.4. The third-order valence-electron chi connectivity index (χ3n) is 5.81. The minimum absolute atomic E-state index is 0.000148. The second-order valence-electron chi connectivity index (χ2n) is 7.66. The molecule has 3 rings (SSSR count).